The van der Waals surface area contributed by atoms with Crippen molar-refractivity contribution in [2.75, 3.05) is 27.3 Å². The van der Waals surface area contributed by atoms with Gasteiger partial charge in [0.1, 0.15) is 22.7 Å². The number of fused-ring (bicyclic) bond motifs is 3. The standard InChI is InChI=1S/C23H31NO7/c1-13-15(6-7-19(27)24(4)11-14(26)12-25)22(28)30-21-16-8-9-23(2,3)31-17(16)10-18(29-5)20(13)21/h10,14,25-26H,6-9,11-12H2,1-5H3/t14-/m0/s1. The van der Waals surface area contributed by atoms with Gasteiger partial charge in [-0.25, -0.2) is 4.79 Å². The lowest BCUT2D eigenvalue weighted by Crippen LogP contribution is -2.36. The Morgan fingerprint density at radius 3 is 2.74 bits per heavy atom. The summed E-state index contributed by atoms with van der Waals surface area (Å²) in [5, 5.41) is 19.2. The number of aliphatic hydroxyl groups excluding tert-OH is 2. The highest BCUT2D eigenvalue weighted by Crippen LogP contribution is 2.43. The van der Waals surface area contributed by atoms with Gasteiger partial charge in [-0.15, -0.1) is 0 Å². The molecule has 31 heavy (non-hydrogen) atoms. The number of carbonyl (C=O) groups is 1. The number of ether oxygens (including phenoxy) is 2. The van der Waals surface area contributed by atoms with Crippen LogP contribution in [0.4, 0.5) is 0 Å². The van der Waals surface area contributed by atoms with Crippen LogP contribution in [0, 0.1) is 6.92 Å². The molecule has 3 rings (SSSR count). The second-order valence-electron chi connectivity index (χ2n) is 8.73. The summed E-state index contributed by atoms with van der Waals surface area (Å²) in [7, 11) is 3.11. The van der Waals surface area contributed by atoms with Gasteiger partial charge in [-0.1, -0.05) is 0 Å². The Bertz CT molecular complexity index is 1040. The van der Waals surface area contributed by atoms with Gasteiger partial charge in [0.2, 0.25) is 5.91 Å². The summed E-state index contributed by atoms with van der Waals surface area (Å²) < 4.78 is 17.4. The van der Waals surface area contributed by atoms with E-state index in [9.17, 15) is 14.7 Å². The Balaban J connectivity index is 1.96. The number of hydrogen-bond donors (Lipinski definition) is 2. The van der Waals surface area contributed by atoms with Crippen LogP contribution in [-0.2, 0) is 17.6 Å². The molecule has 0 saturated carbocycles. The van der Waals surface area contributed by atoms with Gasteiger partial charge in [0.05, 0.1) is 25.2 Å². The predicted molar refractivity (Wildman–Crippen MR) is 116 cm³/mol. The SMILES string of the molecule is COc1cc2c(c3oc(=O)c(CCC(=O)N(C)C[C@H](O)CO)c(C)c13)CCC(C)(C)O2. The highest BCUT2D eigenvalue weighted by atomic mass is 16.5. The van der Waals surface area contributed by atoms with Crippen molar-refractivity contribution in [1.82, 2.24) is 4.90 Å². The summed E-state index contributed by atoms with van der Waals surface area (Å²) in [5.74, 6) is 0.984. The van der Waals surface area contributed by atoms with Crippen LogP contribution >= 0.6 is 0 Å². The van der Waals surface area contributed by atoms with E-state index >= 15 is 0 Å². The maximum atomic E-state index is 12.8. The van der Waals surface area contributed by atoms with E-state index in [1.807, 2.05) is 26.8 Å². The smallest absolute Gasteiger partial charge is 0.339 e. The number of carbonyl (C=O) groups excluding carboxylic acids is 1. The minimum absolute atomic E-state index is 0.0248. The van der Waals surface area contributed by atoms with Crippen LogP contribution in [0.2, 0.25) is 0 Å². The number of likely N-dealkylation sites (N-methyl/N-ethyl adjacent to an activating group) is 1. The summed E-state index contributed by atoms with van der Waals surface area (Å²) in [5.41, 5.74) is 1.70. The van der Waals surface area contributed by atoms with E-state index < -0.39 is 18.3 Å². The molecule has 2 aromatic rings. The van der Waals surface area contributed by atoms with Gasteiger partial charge in [-0.2, -0.15) is 0 Å². The van der Waals surface area contributed by atoms with Crippen LogP contribution < -0.4 is 15.1 Å². The van der Waals surface area contributed by atoms with Crippen molar-refractivity contribution in [2.24, 2.45) is 0 Å². The number of nitrogens with zero attached hydrogens (tertiary/aromatic N) is 1. The third-order valence-corrected chi connectivity index (χ3v) is 5.87. The molecule has 8 heteroatoms. The van der Waals surface area contributed by atoms with Crippen LogP contribution in [0.15, 0.2) is 15.3 Å². The Hall–Kier alpha value is -2.58. The average molecular weight is 434 g/mol. The van der Waals surface area contributed by atoms with Crippen molar-refractivity contribution in [2.45, 2.75) is 58.2 Å². The highest BCUT2D eigenvalue weighted by molar-refractivity contribution is 5.92. The fourth-order valence-corrected chi connectivity index (χ4v) is 4.03. The lowest BCUT2D eigenvalue weighted by molar-refractivity contribution is -0.131. The maximum absolute atomic E-state index is 12.8. The minimum atomic E-state index is -0.996. The molecule has 0 fully saturated rings. The first kappa shape index (κ1) is 23.1. The van der Waals surface area contributed by atoms with Crippen molar-refractivity contribution in [3.05, 3.63) is 33.2 Å². The lowest BCUT2D eigenvalue weighted by atomic mass is 9.91. The van der Waals surface area contributed by atoms with Crippen LogP contribution in [0.5, 0.6) is 11.5 Å². The second-order valence-corrected chi connectivity index (χ2v) is 8.73. The molecule has 0 radical (unpaired) electrons. The number of methoxy groups -OCH3 is 1. The van der Waals surface area contributed by atoms with Crippen molar-refractivity contribution < 1.29 is 28.9 Å². The summed E-state index contributed by atoms with van der Waals surface area (Å²) in [6, 6.07) is 1.84. The molecule has 0 bridgehead atoms. The second kappa shape index (κ2) is 8.88. The van der Waals surface area contributed by atoms with Crippen molar-refractivity contribution >= 4 is 16.9 Å². The number of rotatable bonds is 7. The molecule has 1 aromatic heterocycles. The molecule has 1 atom stereocenters. The topological polar surface area (TPSA) is 109 Å². The lowest BCUT2D eigenvalue weighted by Gasteiger charge is -2.33. The zero-order valence-electron chi connectivity index (χ0n) is 18.8. The Kier molecular flexibility index (Phi) is 6.62. The molecule has 1 aromatic carbocycles. The molecule has 0 aliphatic carbocycles. The van der Waals surface area contributed by atoms with Gasteiger partial charge in [0.15, 0.2) is 0 Å². The fraction of sp³-hybridized carbons (Fsp3) is 0.565. The van der Waals surface area contributed by atoms with E-state index in [0.717, 1.165) is 29.4 Å². The van der Waals surface area contributed by atoms with Gasteiger partial charge in [0, 0.05) is 37.2 Å². The Labute approximate surface area is 181 Å². The molecule has 0 spiro atoms. The summed E-state index contributed by atoms with van der Waals surface area (Å²) in [6.07, 6.45) is 0.805. The third-order valence-electron chi connectivity index (χ3n) is 5.87. The molecular formula is C23H31NO7. The molecule has 1 aliphatic rings. The van der Waals surface area contributed by atoms with E-state index in [0.29, 0.717) is 22.6 Å². The quantitative estimate of drug-likeness (QED) is 0.643. The van der Waals surface area contributed by atoms with Crippen LogP contribution in [0.1, 0.15) is 43.4 Å². The van der Waals surface area contributed by atoms with Crippen molar-refractivity contribution in [3.63, 3.8) is 0 Å². The van der Waals surface area contributed by atoms with E-state index in [-0.39, 0.29) is 30.9 Å². The Morgan fingerprint density at radius 2 is 2.10 bits per heavy atom. The zero-order chi connectivity index (χ0) is 22.9. The molecule has 1 aliphatic heterocycles. The van der Waals surface area contributed by atoms with Crippen LogP contribution in [0.3, 0.4) is 0 Å². The molecule has 8 nitrogen and oxygen atoms in total. The van der Waals surface area contributed by atoms with E-state index in [2.05, 4.69) is 0 Å². The van der Waals surface area contributed by atoms with E-state index in [1.54, 1.807) is 14.2 Å². The molecule has 2 heterocycles. The van der Waals surface area contributed by atoms with Gasteiger partial charge in [-0.3, -0.25) is 4.79 Å². The van der Waals surface area contributed by atoms with Crippen molar-refractivity contribution in [1.29, 1.82) is 0 Å². The van der Waals surface area contributed by atoms with Crippen molar-refractivity contribution in [3.8, 4) is 11.5 Å². The Morgan fingerprint density at radius 1 is 1.39 bits per heavy atom. The monoisotopic (exact) mass is 433 g/mol. The van der Waals surface area contributed by atoms with Crippen LogP contribution in [0.25, 0.3) is 11.0 Å². The fourth-order valence-electron chi connectivity index (χ4n) is 4.03. The number of amides is 1. The number of hydrogen-bond acceptors (Lipinski definition) is 7. The predicted octanol–water partition coefficient (Wildman–Crippen LogP) is 1.96. The number of aryl methyl sites for hydroxylation is 2. The molecule has 2 N–H and O–H groups in total. The van der Waals surface area contributed by atoms with E-state index in [4.69, 9.17) is 19.0 Å². The molecule has 1 amide bonds. The van der Waals surface area contributed by atoms with E-state index in [1.165, 1.54) is 4.90 Å². The zero-order valence-corrected chi connectivity index (χ0v) is 18.8. The minimum Gasteiger partial charge on any atom is -0.496 e. The maximum Gasteiger partial charge on any atom is 0.339 e. The highest BCUT2D eigenvalue weighted by Gasteiger charge is 2.31. The summed E-state index contributed by atoms with van der Waals surface area (Å²) >= 11 is 0. The third kappa shape index (κ3) is 4.70. The number of benzene rings is 1. The first-order valence-electron chi connectivity index (χ1n) is 10.5. The molecule has 0 unspecified atom stereocenters. The first-order valence-corrected chi connectivity index (χ1v) is 10.5. The largest absolute Gasteiger partial charge is 0.496 e. The normalized spacial score (nSPS) is 15.8. The molecule has 170 valence electrons. The molecular weight excluding hydrogens is 402 g/mol. The van der Waals surface area contributed by atoms with Crippen LogP contribution in [-0.4, -0.2) is 60.0 Å². The number of aliphatic hydroxyl groups is 2. The summed E-state index contributed by atoms with van der Waals surface area (Å²) in [4.78, 5) is 26.6. The average Bonchev–Trinajstić information content (AvgIpc) is 2.71. The molecule has 0 saturated heterocycles. The van der Waals surface area contributed by atoms with Gasteiger partial charge in [0.25, 0.3) is 0 Å². The first-order chi connectivity index (χ1) is 14.6. The van der Waals surface area contributed by atoms with Gasteiger partial charge >= 0.3 is 5.63 Å². The van der Waals surface area contributed by atoms with Gasteiger partial charge < -0.3 is 29.0 Å². The summed E-state index contributed by atoms with van der Waals surface area (Å²) in [6.45, 7) is 5.48. The van der Waals surface area contributed by atoms with Gasteiger partial charge in [-0.05, 0) is 45.6 Å².